The van der Waals surface area contributed by atoms with Gasteiger partial charge in [-0.25, -0.2) is 0 Å². The smallest absolute Gasteiger partial charge is 0.0123 e. The molecule has 0 N–H and O–H groups in total. The molecule has 0 aliphatic heterocycles. The fraction of sp³-hybridized carbons (Fsp3) is 0.111. The molecule has 0 spiro atoms. The monoisotopic (exact) mass is 150 g/mol. The molecular formula is C9H11P. The van der Waals surface area contributed by atoms with Gasteiger partial charge in [0.2, 0.25) is 0 Å². The van der Waals surface area contributed by atoms with Crippen molar-refractivity contribution in [2.24, 2.45) is 0 Å². The van der Waals surface area contributed by atoms with Crippen LogP contribution in [-0.2, 0) is 6.16 Å². The standard InChI is InChI=1S/C9H11P/c1-2-8-5-3-4-6-9(8)7-10/h2-6H,1,7,10H2. The number of hydrogen-bond acceptors (Lipinski definition) is 0. The summed E-state index contributed by atoms with van der Waals surface area (Å²) < 4.78 is 0. The molecule has 0 nitrogen and oxygen atoms in total. The largest absolute Gasteiger partial charge is 0.133 e. The minimum absolute atomic E-state index is 1.00. The van der Waals surface area contributed by atoms with Gasteiger partial charge in [0, 0.05) is 0 Å². The maximum atomic E-state index is 3.73. The van der Waals surface area contributed by atoms with Gasteiger partial charge in [-0.3, -0.25) is 0 Å². The van der Waals surface area contributed by atoms with E-state index in [-0.39, 0.29) is 0 Å². The zero-order valence-corrected chi connectivity index (χ0v) is 7.03. The van der Waals surface area contributed by atoms with Gasteiger partial charge in [0.15, 0.2) is 0 Å². The van der Waals surface area contributed by atoms with Crippen LogP contribution in [0.2, 0.25) is 0 Å². The molecule has 1 aromatic carbocycles. The van der Waals surface area contributed by atoms with Crippen molar-refractivity contribution in [3.8, 4) is 0 Å². The fourth-order valence-corrected chi connectivity index (χ4v) is 1.29. The summed E-state index contributed by atoms with van der Waals surface area (Å²) in [6.45, 7) is 3.73. The number of rotatable bonds is 2. The molecule has 1 rings (SSSR count). The van der Waals surface area contributed by atoms with Gasteiger partial charge >= 0.3 is 0 Å². The molecule has 10 heavy (non-hydrogen) atoms. The summed E-state index contributed by atoms with van der Waals surface area (Å²) in [4.78, 5) is 0. The van der Waals surface area contributed by atoms with E-state index in [9.17, 15) is 0 Å². The summed E-state index contributed by atoms with van der Waals surface area (Å²) in [5.41, 5.74) is 2.57. The van der Waals surface area contributed by atoms with Crippen molar-refractivity contribution in [1.82, 2.24) is 0 Å². The molecule has 1 atom stereocenters. The van der Waals surface area contributed by atoms with Crippen LogP contribution < -0.4 is 0 Å². The Kier molecular flexibility index (Phi) is 2.65. The molecule has 0 aromatic heterocycles. The Morgan fingerprint density at radius 3 is 2.60 bits per heavy atom. The molecule has 0 heterocycles. The third-order valence-electron chi connectivity index (χ3n) is 1.49. The van der Waals surface area contributed by atoms with Crippen LogP contribution >= 0.6 is 9.24 Å². The maximum absolute atomic E-state index is 3.73. The second kappa shape index (κ2) is 3.53. The van der Waals surface area contributed by atoms with Crippen molar-refractivity contribution in [1.29, 1.82) is 0 Å². The second-order valence-corrected chi connectivity index (χ2v) is 2.52. The molecule has 1 unspecified atom stereocenters. The molecule has 52 valence electrons. The Hall–Kier alpha value is -0.610. The summed E-state index contributed by atoms with van der Waals surface area (Å²) in [5, 5.41) is 0. The summed E-state index contributed by atoms with van der Waals surface area (Å²) in [7, 11) is 2.71. The van der Waals surface area contributed by atoms with Crippen molar-refractivity contribution < 1.29 is 0 Å². The van der Waals surface area contributed by atoms with E-state index in [0.717, 1.165) is 6.16 Å². The quantitative estimate of drug-likeness (QED) is 0.568. The van der Waals surface area contributed by atoms with E-state index < -0.39 is 0 Å². The van der Waals surface area contributed by atoms with Crippen LogP contribution in [0.3, 0.4) is 0 Å². The second-order valence-electron chi connectivity index (χ2n) is 2.11. The molecule has 1 heteroatoms. The Balaban J connectivity index is 3.08. The van der Waals surface area contributed by atoms with Crippen LogP contribution in [0.25, 0.3) is 6.08 Å². The first kappa shape index (κ1) is 7.50. The third-order valence-corrected chi connectivity index (χ3v) is 1.93. The predicted molar refractivity (Wildman–Crippen MR) is 49.9 cm³/mol. The van der Waals surface area contributed by atoms with E-state index >= 15 is 0 Å². The van der Waals surface area contributed by atoms with Crippen LogP contribution in [0.15, 0.2) is 30.8 Å². The van der Waals surface area contributed by atoms with E-state index in [1.54, 1.807) is 0 Å². The molecule has 0 bridgehead atoms. The lowest BCUT2D eigenvalue weighted by Gasteiger charge is -1.99. The summed E-state index contributed by atoms with van der Waals surface area (Å²) >= 11 is 0. The van der Waals surface area contributed by atoms with Gasteiger partial charge in [-0.05, 0) is 17.3 Å². The Morgan fingerprint density at radius 1 is 1.40 bits per heavy atom. The van der Waals surface area contributed by atoms with Crippen LogP contribution in [0, 0.1) is 0 Å². The molecule has 0 saturated carbocycles. The zero-order chi connectivity index (χ0) is 7.40. The average molecular weight is 150 g/mol. The molecule has 0 saturated heterocycles. The number of benzene rings is 1. The molecule has 0 fully saturated rings. The van der Waals surface area contributed by atoms with Gasteiger partial charge in [0.1, 0.15) is 0 Å². The first-order valence-corrected chi connectivity index (χ1v) is 4.10. The molecule has 0 aliphatic carbocycles. The van der Waals surface area contributed by atoms with Gasteiger partial charge in [-0.2, -0.15) is 0 Å². The van der Waals surface area contributed by atoms with Gasteiger partial charge in [0.25, 0.3) is 0 Å². The van der Waals surface area contributed by atoms with Gasteiger partial charge in [0.05, 0.1) is 0 Å². The molecule has 1 aromatic rings. The highest BCUT2D eigenvalue weighted by molar-refractivity contribution is 7.15. The predicted octanol–water partition coefficient (Wildman–Crippen LogP) is 2.70. The van der Waals surface area contributed by atoms with E-state index in [0.29, 0.717) is 0 Å². The summed E-state index contributed by atoms with van der Waals surface area (Å²) in [5.74, 6) is 0. The van der Waals surface area contributed by atoms with Crippen molar-refractivity contribution in [3.05, 3.63) is 42.0 Å². The highest BCUT2D eigenvalue weighted by atomic mass is 31.0. The van der Waals surface area contributed by atoms with Gasteiger partial charge < -0.3 is 0 Å². The summed E-state index contributed by atoms with van der Waals surface area (Å²) in [6.07, 6.45) is 2.89. The molecular weight excluding hydrogens is 139 g/mol. The van der Waals surface area contributed by atoms with E-state index in [4.69, 9.17) is 0 Å². The van der Waals surface area contributed by atoms with Gasteiger partial charge in [-0.1, -0.05) is 36.9 Å². The van der Waals surface area contributed by atoms with E-state index in [1.165, 1.54) is 11.1 Å². The van der Waals surface area contributed by atoms with Crippen LogP contribution in [0.1, 0.15) is 11.1 Å². The topological polar surface area (TPSA) is 0 Å². The fourth-order valence-electron chi connectivity index (χ4n) is 0.919. The Labute approximate surface area is 64.2 Å². The highest BCUT2D eigenvalue weighted by Gasteiger charge is 1.91. The molecule has 0 amide bonds. The van der Waals surface area contributed by atoms with Crippen LogP contribution in [0.5, 0.6) is 0 Å². The lowest BCUT2D eigenvalue weighted by molar-refractivity contribution is 1.40. The lowest BCUT2D eigenvalue weighted by Crippen LogP contribution is -1.80. The van der Waals surface area contributed by atoms with Crippen molar-refractivity contribution >= 4 is 15.3 Å². The lowest BCUT2D eigenvalue weighted by atomic mass is 10.1. The number of hydrogen-bond donors (Lipinski definition) is 0. The Bertz CT molecular complexity index is 228. The first-order valence-electron chi connectivity index (χ1n) is 3.29. The minimum Gasteiger partial charge on any atom is -0.133 e. The van der Waals surface area contributed by atoms with Gasteiger partial charge in [-0.15, -0.1) is 9.24 Å². The SMILES string of the molecule is C=Cc1ccccc1CP. The zero-order valence-electron chi connectivity index (χ0n) is 5.88. The average Bonchev–Trinajstić information content (AvgIpc) is 2.04. The molecule has 0 aliphatic rings. The normalized spacial score (nSPS) is 9.30. The molecule has 0 radical (unpaired) electrons. The first-order chi connectivity index (χ1) is 4.88. The maximum Gasteiger partial charge on any atom is -0.0123 e. The van der Waals surface area contributed by atoms with E-state index in [1.807, 2.05) is 18.2 Å². The summed E-state index contributed by atoms with van der Waals surface area (Å²) in [6, 6.07) is 8.27. The van der Waals surface area contributed by atoms with E-state index in [2.05, 4.69) is 28.0 Å². The Morgan fingerprint density at radius 2 is 2.10 bits per heavy atom. The van der Waals surface area contributed by atoms with Crippen molar-refractivity contribution in [2.75, 3.05) is 0 Å². The minimum atomic E-state index is 1.00. The third kappa shape index (κ3) is 1.46. The van der Waals surface area contributed by atoms with Crippen LogP contribution in [-0.4, -0.2) is 0 Å². The van der Waals surface area contributed by atoms with Crippen molar-refractivity contribution in [3.63, 3.8) is 0 Å². The highest BCUT2D eigenvalue weighted by Crippen LogP contribution is 2.12. The van der Waals surface area contributed by atoms with Crippen molar-refractivity contribution in [2.45, 2.75) is 6.16 Å². The van der Waals surface area contributed by atoms with Crippen LogP contribution in [0.4, 0.5) is 0 Å².